The number of H-pyrrole nitrogens is 8. The molecule has 0 radical (unpaired) electrons. The molecule has 12 aromatic rings. The van der Waals surface area contributed by atoms with Gasteiger partial charge in [0, 0.05) is 70.2 Å². The van der Waals surface area contributed by atoms with E-state index in [1.165, 1.54) is 48.5 Å². The number of ether oxygens (including phenoxy) is 4. The number of nitrogen functional groups attached to an aromatic ring is 4. The van der Waals surface area contributed by atoms with Gasteiger partial charge in [-0.05, 0) is 173 Å². The summed E-state index contributed by atoms with van der Waals surface area (Å²) in [5, 5.41) is 41.0. The van der Waals surface area contributed by atoms with Crippen LogP contribution in [0.5, 0.6) is 46.5 Å². The SMILES string of the molecule is Nc1nn(-c2cc(Cl)c(Oc3n[nH]c(=O)c4c3CC[C@@H]4C3CC(F)(F)C3)c(Cl)c2)c(=O)[nH]c1=O.Nc1nn(-c2cc(Cl)c(Oc3n[nH]c(=O)c4c3CC[C@@H]4C3CC3)c(Cl)c2)c(=O)[nH]c1=O.Nc1nn(-c2cc(Cl)c(Oc3n[nH]c(=O)c4c3CC[C@H]4C3CC(F)(F)C3)c(Cl)c2)c(=O)[nH]c1=O.Nc1nn(-c2cc(Cl)c(Oc3n[nH]c(=O)c4c3CC[C@H]4C3CC3)c(Cl)c2)c(=O)[nH]c1=O. The molecule has 8 aliphatic rings. The highest BCUT2D eigenvalue weighted by Gasteiger charge is 2.53. The summed E-state index contributed by atoms with van der Waals surface area (Å²) in [7, 11) is 0. The molecule has 0 bridgehead atoms. The van der Waals surface area contributed by atoms with Crippen LogP contribution in [0.1, 0.15) is 145 Å². The van der Waals surface area contributed by atoms with E-state index >= 15 is 0 Å². The number of rotatable bonds is 16. The van der Waals surface area contributed by atoms with Gasteiger partial charge in [-0.25, -0.2) is 57.1 Å². The van der Waals surface area contributed by atoms with Crippen molar-refractivity contribution in [3.8, 4) is 69.3 Å². The molecule has 4 fully saturated rings. The number of hydrogen-bond donors (Lipinski definition) is 12. The van der Waals surface area contributed by atoms with Crippen molar-refractivity contribution in [1.82, 2.24) is 99.8 Å². The van der Waals surface area contributed by atoms with Crippen molar-refractivity contribution in [3.05, 3.63) is 258 Å². The molecule has 0 amide bonds. The fraction of sp³-hybridized carbons (Fsp3) is 0.333. The van der Waals surface area contributed by atoms with Crippen LogP contribution in [0.3, 0.4) is 0 Å². The number of anilines is 4. The number of aromatic nitrogens is 20. The molecule has 8 aliphatic carbocycles. The van der Waals surface area contributed by atoms with Crippen molar-refractivity contribution < 1.29 is 36.5 Å². The monoisotopic (exact) mass is 1950 g/mol. The fourth-order valence-corrected chi connectivity index (χ4v) is 19.5. The van der Waals surface area contributed by atoms with Crippen LogP contribution in [0, 0.1) is 23.7 Å². The first kappa shape index (κ1) is 89.3. The molecular formula is C78H64Cl8F4N24O16. The fourth-order valence-electron chi connectivity index (χ4n) is 17.2. The normalized spacial score (nSPS) is 18.3. The summed E-state index contributed by atoms with van der Waals surface area (Å²) in [6.07, 6.45) is 8.56. The summed E-state index contributed by atoms with van der Waals surface area (Å²) in [6.45, 7) is 0. The first-order valence-corrected chi connectivity index (χ1v) is 42.6. The van der Waals surface area contributed by atoms with Gasteiger partial charge in [-0.1, -0.05) is 92.8 Å². The Morgan fingerprint density at radius 2 is 0.492 bits per heavy atom. The molecule has 20 rings (SSSR count). The second-order valence-corrected chi connectivity index (χ2v) is 35.1. The Kier molecular flexibility index (Phi) is 23.8. The van der Waals surface area contributed by atoms with E-state index in [1.54, 1.807) is 0 Å². The van der Waals surface area contributed by atoms with Crippen molar-refractivity contribution in [2.45, 2.75) is 138 Å². The number of aromatic amines is 8. The van der Waals surface area contributed by atoms with Gasteiger partial charge in [0.15, 0.2) is 23.0 Å². The van der Waals surface area contributed by atoms with E-state index in [9.17, 15) is 75.1 Å². The topological polar surface area (TPSA) is 595 Å². The molecule has 16 N–H and O–H groups in total. The first-order chi connectivity index (χ1) is 61.7. The van der Waals surface area contributed by atoms with Gasteiger partial charge < -0.3 is 41.9 Å². The first-order valence-electron chi connectivity index (χ1n) is 39.6. The third-order valence-electron chi connectivity index (χ3n) is 23.5. The van der Waals surface area contributed by atoms with Crippen LogP contribution in [0.2, 0.25) is 40.2 Å². The van der Waals surface area contributed by atoms with Crippen LogP contribution in [0.15, 0.2) is 106 Å². The van der Waals surface area contributed by atoms with E-state index in [1.807, 2.05) is 9.97 Å². The van der Waals surface area contributed by atoms with Crippen molar-refractivity contribution in [1.29, 1.82) is 0 Å². The Balaban J connectivity index is 0.000000122. The molecule has 52 heteroatoms. The molecule has 40 nitrogen and oxygen atoms in total. The van der Waals surface area contributed by atoms with Crippen molar-refractivity contribution >= 4 is 116 Å². The molecule has 0 aliphatic heterocycles. The van der Waals surface area contributed by atoms with E-state index in [2.05, 4.69) is 71.2 Å². The predicted molar refractivity (Wildman–Crippen MR) is 464 cm³/mol. The molecule has 8 aromatic heterocycles. The van der Waals surface area contributed by atoms with E-state index in [0.717, 1.165) is 79.5 Å². The predicted octanol–water partition coefficient (Wildman–Crippen LogP) is 9.77. The van der Waals surface area contributed by atoms with E-state index in [0.29, 0.717) is 72.6 Å². The number of alkyl halides is 4. The Labute approximate surface area is 759 Å². The smallest absolute Gasteiger partial charge is 0.349 e. The lowest BCUT2D eigenvalue weighted by molar-refractivity contribution is -0.117. The lowest BCUT2D eigenvalue weighted by atomic mass is 9.71. The van der Waals surface area contributed by atoms with Crippen LogP contribution in [0.4, 0.5) is 40.8 Å². The molecule has 0 spiro atoms. The quantitative estimate of drug-likeness (QED) is 0.0400. The summed E-state index contributed by atoms with van der Waals surface area (Å²) in [5.41, 5.74) is 19.6. The van der Waals surface area contributed by atoms with E-state index < -0.39 is 79.6 Å². The van der Waals surface area contributed by atoms with Crippen molar-refractivity contribution in [3.63, 3.8) is 0 Å². The summed E-state index contributed by atoms with van der Waals surface area (Å²) in [6, 6.07) is 10.9. The number of benzene rings is 4. The lowest BCUT2D eigenvalue weighted by Crippen LogP contribution is -2.39. The molecule has 130 heavy (non-hydrogen) atoms. The van der Waals surface area contributed by atoms with Crippen molar-refractivity contribution in [2.24, 2.45) is 23.7 Å². The van der Waals surface area contributed by atoms with Crippen LogP contribution in [-0.2, 0) is 25.7 Å². The molecule has 4 atom stereocenters. The zero-order chi connectivity index (χ0) is 92.4. The second-order valence-electron chi connectivity index (χ2n) is 31.9. The number of nitrogens with two attached hydrogens (primary N) is 4. The Bertz CT molecular complexity index is 6990. The minimum absolute atomic E-state index is 0.00194. The molecule has 4 aromatic carbocycles. The minimum atomic E-state index is -2.69. The third-order valence-corrected chi connectivity index (χ3v) is 25.8. The molecular weight excluding hydrogens is 1890 g/mol. The standard InChI is InChI=1S/2C20H16Cl2F2N6O4.2C19H16Cl2N6O4/c2*21-11-3-8(30-19(33)26-17(32)15(25)29-30)4-12(22)14(11)34-18-10-2-1-9(7-5-20(23,24)6-7)13(10)16(31)27-28-18;2*20-11-5-8(27-19(30)23-17(29)15(22)26-27)6-12(21)14(11)31-18-10-4-3-9(7-1-2-7)13(10)16(28)24-25-18/h2*3-4,7,9H,1-2,5-6H2,(H2,25,29)(H,27,31)(H,26,32,33);2*5-7,9H,1-4H2,(H2,22,26)(H,24,28)(H,23,29,30)/t4*9-/m1010/s1. The van der Waals surface area contributed by atoms with Crippen LogP contribution < -0.4 is 109 Å². The second kappa shape index (κ2) is 34.6. The molecule has 4 saturated carbocycles. The summed E-state index contributed by atoms with van der Waals surface area (Å²) >= 11 is 50.9. The van der Waals surface area contributed by atoms with Gasteiger partial charge in [-0.2, -0.15) is 18.7 Å². The third kappa shape index (κ3) is 17.5. The number of nitrogens with one attached hydrogen (secondary N) is 8. The zero-order valence-electron chi connectivity index (χ0n) is 66.3. The average molecular weight is 1950 g/mol. The van der Waals surface area contributed by atoms with Crippen molar-refractivity contribution in [2.75, 3.05) is 22.9 Å². The maximum Gasteiger partial charge on any atom is 0.349 e. The Morgan fingerprint density at radius 3 is 0.677 bits per heavy atom. The summed E-state index contributed by atoms with van der Waals surface area (Å²) in [4.78, 5) is 152. The maximum atomic E-state index is 13.4. The molecule has 676 valence electrons. The number of nitrogens with zero attached hydrogens (tertiary/aromatic N) is 12. The van der Waals surface area contributed by atoms with Gasteiger partial charge >= 0.3 is 22.8 Å². The van der Waals surface area contributed by atoms with Gasteiger partial charge in [0.25, 0.3) is 44.5 Å². The van der Waals surface area contributed by atoms with Gasteiger partial charge in [0.2, 0.25) is 58.6 Å². The molecule has 0 unspecified atom stereocenters. The van der Waals surface area contributed by atoms with Crippen LogP contribution in [0.25, 0.3) is 22.7 Å². The highest BCUT2D eigenvalue weighted by Crippen LogP contribution is 2.57. The highest BCUT2D eigenvalue weighted by molar-refractivity contribution is 6.39. The Hall–Kier alpha value is -12.7. The Morgan fingerprint density at radius 1 is 0.300 bits per heavy atom. The van der Waals surface area contributed by atoms with Gasteiger partial charge in [0.1, 0.15) is 0 Å². The largest absolute Gasteiger partial charge is 0.434 e. The van der Waals surface area contributed by atoms with Gasteiger partial charge in [-0.3, -0.25) is 58.3 Å². The summed E-state index contributed by atoms with van der Waals surface area (Å²) in [5.74, 6) is -5.81. The highest BCUT2D eigenvalue weighted by atomic mass is 35.5. The van der Waals surface area contributed by atoms with Crippen LogP contribution >= 0.6 is 92.8 Å². The van der Waals surface area contributed by atoms with Crippen LogP contribution in [-0.4, -0.2) is 112 Å². The molecule has 8 heterocycles. The maximum absolute atomic E-state index is 13.4. The average Bonchev–Trinajstić information content (AvgIpc) is 1.58. The van der Waals surface area contributed by atoms with Gasteiger partial charge in [-0.15, -0.1) is 40.8 Å². The lowest BCUT2D eigenvalue weighted by Gasteiger charge is -2.38. The number of halogens is 12. The van der Waals surface area contributed by atoms with E-state index in [4.69, 9.17) is 135 Å². The zero-order valence-corrected chi connectivity index (χ0v) is 72.3. The number of fused-ring (bicyclic) bond motifs is 4. The minimum Gasteiger partial charge on any atom is -0.434 e. The number of hydrogen-bond acceptors (Lipinski definition) is 28. The molecule has 0 saturated heterocycles. The van der Waals surface area contributed by atoms with E-state index in [-0.39, 0.29) is 193 Å². The van der Waals surface area contributed by atoms with Gasteiger partial charge in [0.05, 0.1) is 62.9 Å². The summed E-state index contributed by atoms with van der Waals surface area (Å²) < 4.78 is 80.4.